The molecule has 22 heavy (non-hydrogen) atoms. The number of rotatable bonds is 3. The lowest BCUT2D eigenvalue weighted by Gasteiger charge is -2.05. The van der Waals surface area contributed by atoms with Gasteiger partial charge in [0.15, 0.2) is 5.58 Å². The summed E-state index contributed by atoms with van der Waals surface area (Å²) in [6.07, 6.45) is 1.81. The van der Waals surface area contributed by atoms with Crippen LogP contribution in [0.2, 0.25) is 0 Å². The number of carbonyl (C=O) groups excluding carboxylic acids is 1. The molecule has 0 aliphatic heterocycles. The number of fused-ring (bicyclic) bond motifs is 1. The molecule has 0 aliphatic carbocycles. The monoisotopic (exact) mass is 294 g/mol. The van der Waals surface area contributed by atoms with Gasteiger partial charge in [0.1, 0.15) is 0 Å². The van der Waals surface area contributed by atoms with Gasteiger partial charge in [0, 0.05) is 17.3 Å². The van der Waals surface area contributed by atoms with E-state index in [2.05, 4.69) is 10.3 Å². The van der Waals surface area contributed by atoms with E-state index >= 15 is 0 Å². The third kappa shape index (κ3) is 2.98. The summed E-state index contributed by atoms with van der Waals surface area (Å²) in [4.78, 5) is 25.8. The molecule has 1 aromatic heterocycles. The van der Waals surface area contributed by atoms with Crippen molar-refractivity contribution in [2.24, 2.45) is 0 Å². The van der Waals surface area contributed by atoms with Crippen LogP contribution in [0.15, 0.2) is 63.3 Å². The number of benzene rings is 2. The highest BCUT2D eigenvalue weighted by molar-refractivity contribution is 6.06. The Morgan fingerprint density at radius 3 is 2.73 bits per heavy atom. The van der Waals surface area contributed by atoms with Gasteiger partial charge in [0.2, 0.25) is 0 Å². The number of H-pyrrole nitrogens is 1. The molecule has 0 fully saturated rings. The summed E-state index contributed by atoms with van der Waals surface area (Å²) < 4.78 is 4.97. The number of aromatic amines is 1. The van der Waals surface area contributed by atoms with Crippen LogP contribution in [0.1, 0.15) is 12.5 Å². The number of nitrogens with one attached hydrogen (secondary N) is 2. The maximum absolute atomic E-state index is 12.2. The molecule has 110 valence electrons. The van der Waals surface area contributed by atoms with Crippen molar-refractivity contribution in [2.45, 2.75) is 6.92 Å². The van der Waals surface area contributed by atoms with Crippen LogP contribution in [0.3, 0.4) is 0 Å². The lowest BCUT2D eigenvalue weighted by atomic mass is 10.1. The van der Waals surface area contributed by atoms with Crippen molar-refractivity contribution >= 4 is 28.8 Å². The molecular weight excluding hydrogens is 280 g/mol. The molecule has 1 amide bonds. The summed E-state index contributed by atoms with van der Waals surface area (Å²) in [5.74, 6) is -0.722. The van der Waals surface area contributed by atoms with Gasteiger partial charge >= 0.3 is 5.76 Å². The van der Waals surface area contributed by atoms with E-state index in [9.17, 15) is 9.59 Å². The number of anilines is 1. The standard InChI is InChI=1S/C17H14N2O3/c1-11(9-12-5-3-2-4-6-12)16(20)18-13-7-8-14-15(10-13)22-17(21)19-14/h2-10H,1H3,(H,18,20)(H,19,21)/b11-9+. The fourth-order valence-electron chi connectivity index (χ4n) is 2.12. The van der Waals surface area contributed by atoms with E-state index < -0.39 is 5.76 Å². The zero-order valence-electron chi connectivity index (χ0n) is 11.9. The van der Waals surface area contributed by atoms with Crippen molar-refractivity contribution in [3.63, 3.8) is 0 Å². The maximum Gasteiger partial charge on any atom is 0.417 e. The van der Waals surface area contributed by atoms with E-state index in [1.165, 1.54) is 0 Å². The van der Waals surface area contributed by atoms with Crippen molar-refractivity contribution in [1.29, 1.82) is 0 Å². The minimum Gasteiger partial charge on any atom is -0.408 e. The average molecular weight is 294 g/mol. The van der Waals surface area contributed by atoms with Gasteiger partial charge in [-0.15, -0.1) is 0 Å². The molecule has 0 aliphatic rings. The van der Waals surface area contributed by atoms with E-state index in [1.807, 2.05) is 36.4 Å². The summed E-state index contributed by atoms with van der Waals surface area (Å²) in [6.45, 7) is 1.75. The number of amides is 1. The van der Waals surface area contributed by atoms with Crippen LogP contribution in [-0.2, 0) is 4.79 Å². The van der Waals surface area contributed by atoms with Gasteiger partial charge in [-0.2, -0.15) is 0 Å². The summed E-state index contributed by atoms with van der Waals surface area (Å²) in [7, 11) is 0. The highest BCUT2D eigenvalue weighted by Crippen LogP contribution is 2.17. The molecule has 5 nitrogen and oxygen atoms in total. The lowest BCUT2D eigenvalue weighted by molar-refractivity contribution is -0.112. The van der Waals surface area contributed by atoms with Gasteiger partial charge in [-0.25, -0.2) is 4.79 Å². The van der Waals surface area contributed by atoms with Gasteiger partial charge in [-0.3, -0.25) is 9.78 Å². The first-order valence-corrected chi connectivity index (χ1v) is 6.79. The van der Waals surface area contributed by atoms with Crippen LogP contribution in [0, 0.1) is 0 Å². The Bertz CT molecular complexity index is 904. The largest absolute Gasteiger partial charge is 0.417 e. The van der Waals surface area contributed by atoms with Gasteiger partial charge in [0.25, 0.3) is 5.91 Å². The number of hydrogen-bond acceptors (Lipinski definition) is 3. The zero-order valence-corrected chi connectivity index (χ0v) is 11.9. The Labute approximate surface area is 126 Å². The first kappa shape index (κ1) is 13.9. The molecule has 0 bridgehead atoms. The van der Waals surface area contributed by atoms with Crippen LogP contribution in [0.5, 0.6) is 0 Å². The smallest absolute Gasteiger partial charge is 0.408 e. The van der Waals surface area contributed by atoms with Crippen LogP contribution in [0.4, 0.5) is 5.69 Å². The van der Waals surface area contributed by atoms with Crippen molar-refractivity contribution in [3.8, 4) is 0 Å². The molecule has 3 aromatic rings. The predicted molar refractivity (Wildman–Crippen MR) is 85.6 cm³/mol. The Morgan fingerprint density at radius 1 is 1.18 bits per heavy atom. The first-order valence-electron chi connectivity index (χ1n) is 6.79. The fourth-order valence-corrected chi connectivity index (χ4v) is 2.12. The van der Waals surface area contributed by atoms with Gasteiger partial charge in [0.05, 0.1) is 5.52 Å². The number of aromatic nitrogens is 1. The van der Waals surface area contributed by atoms with E-state index in [-0.39, 0.29) is 5.91 Å². The number of carbonyl (C=O) groups is 1. The summed E-state index contributed by atoms with van der Waals surface area (Å²) >= 11 is 0. The van der Waals surface area contributed by atoms with Crippen LogP contribution < -0.4 is 11.1 Å². The molecule has 0 saturated carbocycles. The second kappa shape index (κ2) is 5.73. The summed E-state index contributed by atoms with van der Waals surface area (Å²) in [5, 5.41) is 2.78. The van der Waals surface area contributed by atoms with E-state index in [4.69, 9.17) is 4.42 Å². The molecule has 0 spiro atoms. The Kier molecular flexibility index (Phi) is 3.62. The Morgan fingerprint density at radius 2 is 1.95 bits per heavy atom. The molecular formula is C17H14N2O3. The fraction of sp³-hybridized carbons (Fsp3) is 0.0588. The third-order valence-electron chi connectivity index (χ3n) is 3.22. The van der Waals surface area contributed by atoms with Crippen molar-refractivity contribution in [2.75, 3.05) is 5.32 Å². The SMILES string of the molecule is C/C(=C\c1ccccc1)C(=O)Nc1ccc2[nH]c(=O)oc2c1. The molecule has 3 rings (SSSR count). The second-order valence-electron chi connectivity index (χ2n) is 4.92. The molecule has 5 heteroatoms. The normalized spacial score (nSPS) is 11.6. The molecule has 0 saturated heterocycles. The molecule has 2 N–H and O–H groups in total. The summed E-state index contributed by atoms with van der Waals surface area (Å²) in [5.41, 5.74) is 3.12. The zero-order chi connectivity index (χ0) is 15.5. The van der Waals surface area contributed by atoms with Gasteiger partial charge < -0.3 is 9.73 Å². The first-order chi connectivity index (χ1) is 10.6. The second-order valence-corrected chi connectivity index (χ2v) is 4.92. The van der Waals surface area contributed by atoms with E-state index in [0.717, 1.165) is 5.56 Å². The lowest BCUT2D eigenvalue weighted by Crippen LogP contribution is -2.12. The third-order valence-corrected chi connectivity index (χ3v) is 3.22. The molecule has 0 radical (unpaired) electrons. The minimum atomic E-state index is -0.515. The van der Waals surface area contributed by atoms with Gasteiger partial charge in [-0.05, 0) is 30.7 Å². The number of hydrogen-bond donors (Lipinski definition) is 2. The Hall–Kier alpha value is -3.08. The Balaban J connectivity index is 1.80. The molecule has 0 unspecified atom stereocenters. The highest BCUT2D eigenvalue weighted by atomic mass is 16.4. The van der Waals surface area contributed by atoms with Crippen molar-refractivity contribution in [3.05, 3.63) is 70.2 Å². The highest BCUT2D eigenvalue weighted by Gasteiger charge is 2.07. The van der Waals surface area contributed by atoms with Crippen molar-refractivity contribution in [1.82, 2.24) is 4.98 Å². The molecule has 1 heterocycles. The van der Waals surface area contributed by atoms with E-state index in [0.29, 0.717) is 22.4 Å². The maximum atomic E-state index is 12.2. The minimum absolute atomic E-state index is 0.207. The van der Waals surface area contributed by atoms with Crippen LogP contribution in [0.25, 0.3) is 17.2 Å². The van der Waals surface area contributed by atoms with Crippen LogP contribution >= 0.6 is 0 Å². The summed E-state index contributed by atoms with van der Waals surface area (Å²) in [6, 6.07) is 14.6. The van der Waals surface area contributed by atoms with Crippen molar-refractivity contribution < 1.29 is 9.21 Å². The molecule has 2 aromatic carbocycles. The molecule has 0 atom stereocenters. The average Bonchev–Trinajstić information content (AvgIpc) is 2.87. The van der Waals surface area contributed by atoms with E-state index in [1.54, 1.807) is 25.1 Å². The van der Waals surface area contributed by atoms with Gasteiger partial charge in [-0.1, -0.05) is 30.3 Å². The number of oxazole rings is 1. The quantitative estimate of drug-likeness (QED) is 0.729. The predicted octanol–water partition coefficient (Wildman–Crippen LogP) is 3.16. The topological polar surface area (TPSA) is 75.1 Å². The van der Waals surface area contributed by atoms with Crippen LogP contribution in [-0.4, -0.2) is 10.9 Å².